The molecule has 0 radical (unpaired) electrons. The maximum absolute atomic E-state index is 12.9. The molecule has 1 rings (SSSR count). The molecule has 7 heteroatoms. The fourth-order valence-electron chi connectivity index (χ4n) is 1.31. The number of aliphatic hydroxyl groups excluding tert-OH is 1. The van der Waals surface area contributed by atoms with Crippen LogP contribution in [0.1, 0.15) is 16.8 Å². The minimum atomic E-state index is -0.656. The number of rotatable bonds is 6. The molecule has 0 aromatic carbocycles. The number of hydrogen-bond acceptors (Lipinski definition) is 4. The first-order valence-electron chi connectivity index (χ1n) is 5.31. The first-order chi connectivity index (χ1) is 8.54. The number of nitrogens with zero attached hydrogens (tertiary/aromatic N) is 1. The van der Waals surface area contributed by atoms with Gasteiger partial charge in [0.05, 0.1) is 24.5 Å². The second kappa shape index (κ2) is 7.25. The van der Waals surface area contributed by atoms with E-state index in [1.807, 2.05) is 0 Å². The quantitative estimate of drug-likeness (QED) is 0.761. The average molecular weight is 277 g/mol. The Kier molecular flexibility index (Phi) is 5.97. The summed E-state index contributed by atoms with van der Waals surface area (Å²) in [5.74, 6) is -1.17. The highest BCUT2D eigenvalue weighted by Gasteiger charge is 2.13. The van der Waals surface area contributed by atoms with Crippen molar-refractivity contribution in [2.75, 3.05) is 20.3 Å². The highest BCUT2D eigenvalue weighted by Crippen LogP contribution is 2.13. The van der Waals surface area contributed by atoms with Gasteiger partial charge in [0.2, 0.25) is 0 Å². The van der Waals surface area contributed by atoms with Crippen molar-refractivity contribution in [1.82, 2.24) is 10.3 Å². The zero-order valence-corrected chi connectivity index (χ0v) is 10.6. The molecule has 0 aliphatic carbocycles. The van der Waals surface area contributed by atoms with Crippen LogP contribution in [0.25, 0.3) is 0 Å². The molecule has 1 aromatic heterocycles. The summed E-state index contributed by atoms with van der Waals surface area (Å²) in [4.78, 5) is 15.2. The topological polar surface area (TPSA) is 71.5 Å². The lowest BCUT2D eigenvalue weighted by Crippen LogP contribution is -2.28. The number of hydrogen-bond donors (Lipinski definition) is 2. The molecule has 1 amide bonds. The van der Waals surface area contributed by atoms with Gasteiger partial charge in [-0.2, -0.15) is 0 Å². The second-order valence-corrected chi connectivity index (χ2v) is 4.00. The van der Waals surface area contributed by atoms with Gasteiger partial charge in [-0.25, -0.2) is 9.37 Å². The molecule has 1 atom stereocenters. The first-order valence-corrected chi connectivity index (χ1v) is 5.68. The molecule has 0 saturated carbocycles. The van der Waals surface area contributed by atoms with Crippen molar-refractivity contribution in [2.24, 2.45) is 0 Å². The SMILES string of the molecule is COCC(O)CCNC(=O)c1cc(F)cnc1Cl. The highest BCUT2D eigenvalue weighted by molar-refractivity contribution is 6.32. The predicted octanol–water partition coefficient (Wildman–Crippen LogP) is 1.00. The summed E-state index contributed by atoms with van der Waals surface area (Å²) in [7, 11) is 1.47. The van der Waals surface area contributed by atoms with Crippen LogP contribution in [0, 0.1) is 5.82 Å². The van der Waals surface area contributed by atoms with E-state index in [-0.39, 0.29) is 23.9 Å². The molecule has 0 spiro atoms. The van der Waals surface area contributed by atoms with Crippen molar-refractivity contribution >= 4 is 17.5 Å². The fourth-order valence-corrected chi connectivity index (χ4v) is 1.49. The lowest BCUT2D eigenvalue weighted by Gasteiger charge is -2.10. The van der Waals surface area contributed by atoms with Crippen molar-refractivity contribution in [1.29, 1.82) is 0 Å². The summed E-state index contributed by atoms with van der Waals surface area (Å²) >= 11 is 5.67. The van der Waals surface area contributed by atoms with Gasteiger partial charge in [0.15, 0.2) is 0 Å². The minimum Gasteiger partial charge on any atom is -0.391 e. The van der Waals surface area contributed by atoms with Gasteiger partial charge in [-0.15, -0.1) is 0 Å². The highest BCUT2D eigenvalue weighted by atomic mass is 35.5. The molecule has 0 bridgehead atoms. The molecule has 1 heterocycles. The number of methoxy groups -OCH3 is 1. The van der Waals surface area contributed by atoms with E-state index in [4.69, 9.17) is 16.3 Å². The zero-order chi connectivity index (χ0) is 13.5. The zero-order valence-electron chi connectivity index (χ0n) is 9.82. The largest absolute Gasteiger partial charge is 0.391 e. The molecule has 0 aliphatic heterocycles. The standard InChI is InChI=1S/C11H14ClFN2O3/c1-18-6-8(16)2-3-14-11(17)9-4-7(13)5-15-10(9)12/h4-5,8,16H,2-3,6H2,1H3,(H,14,17). The molecule has 1 unspecified atom stereocenters. The van der Waals surface area contributed by atoms with Gasteiger partial charge >= 0.3 is 0 Å². The summed E-state index contributed by atoms with van der Waals surface area (Å²) in [5, 5.41) is 11.8. The van der Waals surface area contributed by atoms with E-state index >= 15 is 0 Å². The van der Waals surface area contributed by atoms with E-state index in [9.17, 15) is 14.3 Å². The number of halogens is 2. The van der Waals surface area contributed by atoms with Crippen LogP contribution in [0.2, 0.25) is 5.15 Å². The molecule has 5 nitrogen and oxygen atoms in total. The average Bonchev–Trinajstić information content (AvgIpc) is 2.32. The number of aliphatic hydroxyl groups is 1. The van der Waals surface area contributed by atoms with Gasteiger partial charge < -0.3 is 15.2 Å². The molecule has 0 aliphatic rings. The summed E-state index contributed by atoms with van der Waals surface area (Å²) in [6, 6.07) is 1.01. The van der Waals surface area contributed by atoms with E-state index in [2.05, 4.69) is 10.3 Å². The minimum absolute atomic E-state index is 0.0297. The van der Waals surface area contributed by atoms with Crippen molar-refractivity contribution in [3.8, 4) is 0 Å². The first kappa shape index (κ1) is 14.8. The van der Waals surface area contributed by atoms with Crippen LogP contribution in [0.3, 0.4) is 0 Å². The number of carbonyl (C=O) groups is 1. The van der Waals surface area contributed by atoms with Crippen molar-refractivity contribution < 1.29 is 19.0 Å². The molecular weight excluding hydrogens is 263 g/mol. The summed E-state index contributed by atoms with van der Waals surface area (Å²) in [6.07, 6.45) is 0.609. The number of carbonyl (C=O) groups excluding carboxylic acids is 1. The normalized spacial score (nSPS) is 12.2. The van der Waals surface area contributed by atoms with Crippen molar-refractivity contribution in [3.63, 3.8) is 0 Å². The van der Waals surface area contributed by atoms with Gasteiger partial charge in [0.1, 0.15) is 11.0 Å². The van der Waals surface area contributed by atoms with Gasteiger partial charge in [0, 0.05) is 13.7 Å². The Morgan fingerprint density at radius 2 is 2.44 bits per heavy atom. The number of aromatic nitrogens is 1. The van der Waals surface area contributed by atoms with E-state index in [0.29, 0.717) is 6.42 Å². The summed E-state index contributed by atoms with van der Waals surface area (Å²) < 4.78 is 17.6. The molecule has 0 saturated heterocycles. The fraction of sp³-hybridized carbons (Fsp3) is 0.455. The maximum atomic E-state index is 12.9. The van der Waals surface area contributed by atoms with Crippen LogP contribution >= 0.6 is 11.6 Å². The Hall–Kier alpha value is -1.24. The van der Waals surface area contributed by atoms with E-state index in [0.717, 1.165) is 12.3 Å². The predicted molar refractivity (Wildman–Crippen MR) is 64.0 cm³/mol. The van der Waals surface area contributed by atoms with Crippen LogP contribution in [0.5, 0.6) is 0 Å². The van der Waals surface area contributed by atoms with Gasteiger partial charge in [-0.1, -0.05) is 11.6 Å². The Morgan fingerprint density at radius 1 is 1.72 bits per heavy atom. The Labute approximate surface area is 109 Å². The third-order valence-corrected chi connectivity index (χ3v) is 2.47. The third kappa shape index (κ3) is 4.56. The van der Waals surface area contributed by atoms with E-state index in [1.165, 1.54) is 7.11 Å². The number of pyridine rings is 1. The van der Waals surface area contributed by atoms with Crippen LogP contribution in [-0.2, 0) is 4.74 Å². The summed E-state index contributed by atoms with van der Waals surface area (Å²) in [6.45, 7) is 0.425. The Bertz CT molecular complexity index is 417. The molecule has 18 heavy (non-hydrogen) atoms. The van der Waals surface area contributed by atoms with E-state index < -0.39 is 17.8 Å². The van der Waals surface area contributed by atoms with Gasteiger partial charge in [-0.05, 0) is 12.5 Å². The summed E-state index contributed by atoms with van der Waals surface area (Å²) in [5.41, 5.74) is -0.0297. The van der Waals surface area contributed by atoms with Gasteiger partial charge in [-0.3, -0.25) is 4.79 Å². The molecule has 1 aromatic rings. The van der Waals surface area contributed by atoms with Crippen LogP contribution in [0.4, 0.5) is 4.39 Å². The molecule has 0 fully saturated rings. The third-order valence-electron chi connectivity index (χ3n) is 2.17. The smallest absolute Gasteiger partial charge is 0.254 e. The number of ether oxygens (including phenoxy) is 1. The lowest BCUT2D eigenvalue weighted by atomic mass is 10.2. The van der Waals surface area contributed by atoms with E-state index in [1.54, 1.807) is 0 Å². The van der Waals surface area contributed by atoms with Crippen molar-refractivity contribution in [2.45, 2.75) is 12.5 Å². The number of nitrogens with one attached hydrogen (secondary N) is 1. The van der Waals surface area contributed by atoms with Gasteiger partial charge in [0.25, 0.3) is 5.91 Å². The van der Waals surface area contributed by atoms with Crippen LogP contribution < -0.4 is 5.32 Å². The lowest BCUT2D eigenvalue weighted by molar-refractivity contribution is 0.0587. The number of amides is 1. The Morgan fingerprint density at radius 3 is 3.11 bits per heavy atom. The molecule has 100 valence electrons. The molecule has 2 N–H and O–H groups in total. The van der Waals surface area contributed by atoms with Crippen LogP contribution in [-0.4, -0.2) is 42.4 Å². The van der Waals surface area contributed by atoms with Crippen LogP contribution in [0.15, 0.2) is 12.3 Å². The Balaban J connectivity index is 2.48. The monoisotopic (exact) mass is 276 g/mol. The van der Waals surface area contributed by atoms with Crippen molar-refractivity contribution in [3.05, 3.63) is 28.8 Å². The second-order valence-electron chi connectivity index (χ2n) is 3.65. The molecular formula is C11H14ClFN2O3. The maximum Gasteiger partial charge on any atom is 0.254 e.